The Morgan fingerprint density at radius 2 is 2.12 bits per heavy atom. The second-order valence-electron chi connectivity index (χ2n) is 7.38. The molecule has 26 heavy (non-hydrogen) atoms. The molecule has 2 aromatic heterocycles. The van der Waals surface area contributed by atoms with E-state index in [2.05, 4.69) is 45.2 Å². The Labute approximate surface area is 154 Å². The van der Waals surface area contributed by atoms with Crippen LogP contribution in [0, 0.1) is 0 Å². The fraction of sp³-hybridized carbons (Fsp3) is 0.450. The summed E-state index contributed by atoms with van der Waals surface area (Å²) in [7, 11) is 4.25. The second kappa shape index (κ2) is 7.03. The summed E-state index contributed by atoms with van der Waals surface area (Å²) in [5.74, 6) is 0.412. The fourth-order valence-electron chi connectivity index (χ4n) is 3.93. The van der Waals surface area contributed by atoms with Crippen LogP contribution in [-0.4, -0.2) is 54.0 Å². The van der Waals surface area contributed by atoms with E-state index < -0.39 is 0 Å². The highest BCUT2D eigenvalue weighted by Gasteiger charge is 2.30. The molecule has 1 aliphatic heterocycles. The first-order valence-electron chi connectivity index (χ1n) is 9.24. The zero-order valence-corrected chi connectivity index (χ0v) is 15.4. The molecule has 1 fully saturated rings. The molecule has 1 amide bonds. The van der Waals surface area contributed by atoms with E-state index in [1.807, 2.05) is 24.4 Å². The van der Waals surface area contributed by atoms with Crippen LogP contribution in [0.15, 0.2) is 36.7 Å². The van der Waals surface area contributed by atoms with E-state index in [1.54, 1.807) is 6.20 Å². The molecule has 0 spiro atoms. The van der Waals surface area contributed by atoms with Crippen molar-refractivity contribution in [1.29, 1.82) is 0 Å². The molecule has 0 radical (unpaired) electrons. The average Bonchev–Trinajstić information content (AvgIpc) is 3.30. The Morgan fingerprint density at radius 1 is 1.23 bits per heavy atom. The molecule has 2 atom stereocenters. The van der Waals surface area contributed by atoms with Crippen LogP contribution >= 0.6 is 0 Å². The van der Waals surface area contributed by atoms with Gasteiger partial charge in [0.15, 0.2) is 0 Å². The van der Waals surface area contributed by atoms with Crippen LogP contribution in [0.3, 0.4) is 0 Å². The molecule has 0 aromatic carbocycles. The molecule has 4 rings (SSSR count). The molecular weight excluding hydrogens is 326 g/mol. The van der Waals surface area contributed by atoms with Crippen LogP contribution in [0.4, 0.5) is 11.5 Å². The maximum Gasteiger partial charge on any atom is 0.234 e. The van der Waals surface area contributed by atoms with E-state index in [0.717, 1.165) is 37.3 Å². The predicted molar refractivity (Wildman–Crippen MR) is 102 cm³/mol. The van der Waals surface area contributed by atoms with Crippen LogP contribution in [0.5, 0.6) is 0 Å². The van der Waals surface area contributed by atoms with Crippen molar-refractivity contribution in [2.45, 2.75) is 31.2 Å². The molecule has 3 heterocycles. The summed E-state index contributed by atoms with van der Waals surface area (Å²) < 4.78 is 0. The fourth-order valence-corrected chi connectivity index (χ4v) is 3.93. The monoisotopic (exact) mass is 351 g/mol. The lowest BCUT2D eigenvalue weighted by Crippen LogP contribution is -2.31. The smallest absolute Gasteiger partial charge is 0.234 e. The number of hydrogen-bond acceptors (Lipinski definition) is 5. The van der Waals surface area contributed by atoms with Gasteiger partial charge in [0.1, 0.15) is 5.82 Å². The van der Waals surface area contributed by atoms with Crippen molar-refractivity contribution in [3.63, 3.8) is 0 Å². The molecule has 6 nitrogen and oxygen atoms in total. The highest BCUT2D eigenvalue weighted by molar-refractivity contribution is 5.95. The van der Waals surface area contributed by atoms with Crippen molar-refractivity contribution >= 4 is 17.4 Å². The number of carbonyl (C=O) groups is 1. The lowest BCUT2D eigenvalue weighted by molar-refractivity contribution is -0.117. The van der Waals surface area contributed by atoms with E-state index in [9.17, 15) is 4.79 Å². The van der Waals surface area contributed by atoms with Gasteiger partial charge in [-0.2, -0.15) is 0 Å². The number of amides is 1. The lowest BCUT2D eigenvalue weighted by atomic mass is 10.1. The van der Waals surface area contributed by atoms with Gasteiger partial charge >= 0.3 is 0 Å². The van der Waals surface area contributed by atoms with Gasteiger partial charge in [-0.05, 0) is 57.1 Å². The maximum atomic E-state index is 12.6. The summed E-state index contributed by atoms with van der Waals surface area (Å²) in [6.45, 7) is 2.06. The predicted octanol–water partition coefficient (Wildman–Crippen LogP) is 2.29. The first kappa shape index (κ1) is 17.0. The SMILES string of the molecule is CN(C)C1CCN(c2ccc(NC(=O)C3CCc4cccnc43)nc2)C1. The highest BCUT2D eigenvalue weighted by Crippen LogP contribution is 2.32. The van der Waals surface area contributed by atoms with E-state index in [0.29, 0.717) is 11.9 Å². The summed E-state index contributed by atoms with van der Waals surface area (Å²) in [6, 6.07) is 8.51. The van der Waals surface area contributed by atoms with Gasteiger partial charge in [0, 0.05) is 25.3 Å². The Balaban J connectivity index is 1.40. The zero-order valence-electron chi connectivity index (χ0n) is 15.4. The minimum atomic E-state index is -0.174. The number of nitrogens with one attached hydrogen (secondary N) is 1. The number of anilines is 2. The summed E-state index contributed by atoms with van der Waals surface area (Å²) in [5.41, 5.74) is 3.20. The summed E-state index contributed by atoms with van der Waals surface area (Å²) in [4.78, 5) is 26.1. The lowest BCUT2D eigenvalue weighted by Gasteiger charge is -2.21. The number of carbonyl (C=O) groups excluding carboxylic acids is 1. The summed E-state index contributed by atoms with van der Waals surface area (Å²) >= 11 is 0. The molecule has 1 aliphatic carbocycles. The van der Waals surface area contributed by atoms with E-state index in [1.165, 1.54) is 12.0 Å². The molecule has 0 bridgehead atoms. The number of aryl methyl sites for hydroxylation is 1. The first-order chi connectivity index (χ1) is 12.6. The largest absolute Gasteiger partial charge is 0.369 e. The van der Waals surface area contributed by atoms with Crippen LogP contribution < -0.4 is 10.2 Å². The molecule has 0 saturated carbocycles. The summed E-state index contributed by atoms with van der Waals surface area (Å²) in [5, 5.41) is 2.95. The molecule has 2 unspecified atom stereocenters. The van der Waals surface area contributed by atoms with Gasteiger partial charge in [-0.25, -0.2) is 4.98 Å². The van der Waals surface area contributed by atoms with E-state index >= 15 is 0 Å². The van der Waals surface area contributed by atoms with Crippen molar-refractivity contribution in [3.05, 3.63) is 47.9 Å². The van der Waals surface area contributed by atoms with Crippen molar-refractivity contribution in [1.82, 2.24) is 14.9 Å². The molecule has 6 heteroatoms. The van der Waals surface area contributed by atoms with Gasteiger partial charge in [0.05, 0.1) is 23.5 Å². The molecule has 2 aromatic rings. The molecule has 136 valence electrons. The van der Waals surface area contributed by atoms with Gasteiger partial charge in [-0.3, -0.25) is 9.78 Å². The van der Waals surface area contributed by atoms with Crippen molar-refractivity contribution in [2.75, 3.05) is 37.4 Å². The average molecular weight is 351 g/mol. The minimum absolute atomic E-state index is 0.0171. The van der Waals surface area contributed by atoms with Gasteiger partial charge in [0.25, 0.3) is 0 Å². The van der Waals surface area contributed by atoms with Crippen LogP contribution in [0.1, 0.15) is 30.0 Å². The molecule has 2 aliphatic rings. The van der Waals surface area contributed by atoms with Crippen molar-refractivity contribution in [3.8, 4) is 0 Å². The first-order valence-corrected chi connectivity index (χ1v) is 9.24. The molecule has 1 N–H and O–H groups in total. The van der Waals surface area contributed by atoms with E-state index in [4.69, 9.17) is 0 Å². The molecular formula is C20H25N5O. The Kier molecular flexibility index (Phi) is 4.59. The summed E-state index contributed by atoms with van der Waals surface area (Å²) in [6.07, 6.45) is 6.51. The topological polar surface area (TPSA) is 61.4 Å². The van der Waals surface area contributed by atoms with Gasteiger partial charge in [-0.1, -0.05) is 6.07 Å². The number of nitrogens with zero attached hydrogens (tertiary/aromatic N) is 4. The van der Waals surface area contributed by atoms with Gasteiger partial charge in [-0.15, -0.1) is 0 Å². The number of hydrogen-bond donors (Lipinski definition) is 1. The third-order valence-corrected chi connectivity index (χ3v) is 5.53. The minimum Gasteiger partial charge on any atom is -0.369 e. The third-order valence-electron chi connectivity index (χ3n) is 5.53. The Morgan fingerprint density at radius 3 is 2.85 bits per heavy atom. The number of rotatable bonds is 4. The molecule has 1 saturated heterocycles. The van der Waals surface area contributed by atoms with Crippen LogP contribution in [0.25, 0.3) is 0 Å². The number of fused-ring (bicyclic) bond motifs is 1. The van der Waals surface area contributed by atoms with E-state index in [-0.39, 0.29) is 11.8 Å². The zero-order chi connectivity index (χ0) is 18.1. The Bertz CT molecular complexity index is 789. The maximum absolute atomic E-state index is 12.6. The number of aromatic nitrogens is 2. The van der Waals surface area contributed by atoms with Gasteiger partial charge in [0.2, 0.25) is 5.91 Å². The van der Waals surface area contributed by atoms with Crippen molar-refractivity contribution in [2.24, 2.45) is 0 Å². The second-order valence-corrected chi connectivity index (χ2v) is 7.38. The number of pyridine rings is 2. The van der Waals surface area contributed by atoms with Crippen LogP contribution in [0.2, 0.25) is 0 Å². The Hall–Kier alpha value is -2.47. The standard InChI is InChI=1S/C20H25N5O/c1-24(2)16-9-11-25(13-16)15-6-8-18(22-12-15)23-20(26)17-7-5-14-4-3-10-21-19(14)17/h3-4,6,8,10,12,16-17H,5,7,9,11,13H2,1-2H3,(H,22,23,26). The van der Waals surface area contributed by atoms with Crippen LogP contribution in [-0.2, 0) is 11.2 Å². The third kappa shape index (κ3) is 3.29. The van der Waals surface area contributed by atoms with Crippen molar-refractivity contribution < 1.29 is 4.79 Å². The van der Waals surface area contributed by atoms with Gasteiger partial charge < -0.3 is 15.1 Å². The normalized spacial score (nSPS) is 21.9. The highest BCUT2D eigenvalue weighted by atomic mass is 16.2. The quantitative estimate of drug-likeness (QED) is 0.916. The number of likely N-dealkylation sites (N-methyl/N-ethyl adjacent to an activating group) is 1.